The molecule has 0 radical (unpaired) electrons. The molecule has 4 heteroatoms. The highest BCUT2D eigenvalue weighted by Gasteiger charge is 1.58. The molecule has 0 aliphatic rings. The summed E-state index contributed by atoms with van der Waals surface area (Å²) in [5.74, 6) is 0. The minimum atomic E-state index is 0. The molecule has 1 heterocycles. The summed E-state index contributed by atoms with van der Waals surface area (Å²) in [6.45, 7) is 0. The van der Waals surface area contributed by atoms with E-state index >= 15 is 0 Å². The van der Waals surface area contributed by atoms with Crippen molar-refractivity contribution in [2.45, 2.75) is 0 Å². The molecule has 0 amide bonds. The van der Waals surface area contributed by atoms with Gasteiger partial charge in [-0.2, -0.15) is 0 Å². The fraction of sp³-hybridized carbons (Fsp3) is 0. The maximum absolute atomic E-state index is 3.78. The highest BCUT2D eigenvalue weighted by Crippen LogP contribution is 1.73. The van der Waals surface area contributed by atoms with Crippen molar-refractivity contribution >= 4 is 0 Å². The molecule has 0 aromatic carbocycles. The van der Waals surface area contributed by atoms with Crippen LogP contribution in [0, 0.1) is 0 Å². The summed E-state index contributed by atoms with van der Waals surface area (Å²) in [6, 6.07) is 5.72. The fourth-order valence-corrected chi connectivity index (χ4v) is 0.313. The van der Waals surface area contributed by atoms with E-state index in [1.807, 2.05) is 18.2 Å². The first-order chi connectivity index (χ1) is 3.00. The van der Waals surface area contributed by atoms with Crippen molar-refractivity contribution in [3.63, 3.8) is 0 Å². The van der Waals surface area contributed by atoms with Crippen molar-refractivity contribution in [1.29, 1.82) is 0 Å². The first kappa shape index (κ1) is 15.7. The van der Waals surface area contributed by atoms with Gasteiger partial charge >= 0.3 is 0 Å². The van der Waals surface area contributed by atoms with Crippen LogP contribution in [0.4, 0.5) is 0 Å². The number of rotatable bonds is 0. The van der Waals surface area contributed by atoms with Crippen molar-refractivity contribution in [3.8, 4) is 0 Å². The van der Waals surface area contributed by atoms with Gasteiger partial charge in [0.2, 0.25) is 0 Å². The molecule has 0 fully saturated rings. The Morgan fingerprint density at radius 3 is 1.33 bits per heavy atom. The molecule has 9 heavy (non-hydrogen) atoms. The van der Waals surface area contributed by atoms with Gasteiger partial charge in [-0.05, 0) is 12.1 Å². The minimum absolute atomic E-state index is 0. The molecule has 0 bridgehead atoms. The molecule has 0 saturated carbocycles. The summed E-state index contributed by atoms with van der Waals surface area (Å²) in [5.41, 5.74) is 0. The monoisotopic (exact) mass is 131 g/mol. The Bertz CT molecular complexity index is 84.1. The van der Waals surface area contributed by atoms with Crippen molar-refractivity contribution in [2.75, 3.05) is 0 Å². The van der Waals surface area contributed by atoms with Gasteiger partial charge in [0, 0.05) is 12.4 Å². The van der Waals surface area contributed by atoms with E-state index in [9.17, 15) is 0 Å². The zero-order chi connectivity index (χ0) is 4.24. The third kappa shape index (κ3) is 7.03. The van der Waals surface area contributed by atoms with E-state index in [-0.39, 0.29) is 17.8 Å². The van der Waals surface area contributed by atoms with E-state index in [4.69, 9.17) is 0 Å². The van der Waals surface area contributed by atoms with Crippen LogP contribution in [-0.4, -0.2) is 10.5 Å². The highest BCUT2D eigenvalue weighted by molar-refractivity contribution is 4.88. The van der Waals surface area contributed by atoms with Crippen molar-refractivity contribution in [1.82, 2.24) is 17.3 Å². The van der Waals surface area contributed by atoms with Gasteiger partial charge in [-0.1, -0.05) is 6.07 Å². The van der Waals surface area contributed by atoms with Crippen LogP contribution in [0.3, 0.4) is 0 Å². The number of nitrogens with zero attached hydrogens (tertiary/aromatic N) is 1. The number of hydrogen-bond donors (Lipinski definition) is 2. The zero-order valence-electron chi connectivity index (χ0n) is 5.25. The van der Waals surface area contributed by atoms with E-state index < -0.39 is 0 Å². The second kappa shape index (κ2) is 10.1. The lowest BCUT2D eigenvalue weighted by atomic mass is 10.5. The Hall–Kier alpha value is -0.970. The van der Waals surface area contributed by atoms with E-state index in [1.165, 1.54) is 0 Å². The molecule has 54 valence electrons. The summed E-state index contributed by atoms with van der Waals surface area (Å²) in [4.78, 5) is 3.78. The predicted octanol–water partition coefficient (Wildman–Crippen LogP) is 0.581. The maximum Gasteiger partial charge on any atom is 0.0267 e. The van der Waals surface area contributed by atoms with Crippen molar-refractivity contribution < 1.29 is 5.48 Å². The van der Waals surface area contributed by atoms with Crippen molar-refractivity contribution in [2.24, 2.45) is 0 Å². The highest BCUT2D eigenvalue weighted by atomic mass is 16.0. The topological polar surface area (TPSA) is 114 Å². The summed E-state index contributed by atoms with van der Waals surface area (Å²) < 4.78 is 0. The second-order valence-electron chi connectivity index (χ2n) is 1.02. The molecule has 0 aliphatic heterocycles. The first-order valence-corrected chi connectivity index (χ1v) is 1.85. The zero-order valence-corrected chi connectivity index (χ0v) is 5.25. The molecule has 0 spiro atoms. The van der Waals surface area contributed by atoms with Crippen LogP contribution in [0.2, 0.25) is 0 Å². The van der Waals surface area contributed by atoms with Crippen LogP contribution in [-0.2, 0) is 0 Å². The summed E-state index contributed by atoms with van der Waals surface area (Å²) in [6.07, 6.45) is 3.50. The predicted molar refractivity (Wildman–Crippen MR) is 37.9 cm³/mol. The van der Waals surface area contributed by atoms with Crippen molar-refractivity contribution in [3.05, 3.63) is 30.6 Å². The Balaban J connectivity index is -0.000000120. The molecule has 1 aromatic heterocycles. The van der Waals surface area contributed by atoms with Gasteiger partial charge in [0.15, 0.2) is 0 Å². The Kier molecular flexibility index (Phi) is 17.6. The van der Waals surface area contributed by atoms with Crippen LogP contribution in [0.5, 0.6) is 0 Å². The Morgan fingerprint density at radius 1 is 0.778 bits per heavy atom. The molecular weight excluding hydrogens is 118 g/mol. The smallest absolute Gasteiger partial charge is 0.0267 e. The average Bonchev–Trinajstić information content (AvgIpc) is 1.72. The third-order valence-electron chi connectivity index (χ3n) is 0.566. The summed E-state index contributed by atoms with van der Waals surface area (Å²) in [5, 5.41) is 0. The lowest BCUT2D eigenvalue weighted by Gasteiger charge is -1.70. The van der Waals surface area contributed by atoms with Crippen LogP contribution < -0.4 is 12.3 Å². The lowest BCUT2D eigenvalue weighted by molar-refractivity contribution is 0.824. The minimum Gasteiger partial charge on any atom is -0.412 e. The molecule has 0 unspecified atom stereocenters. The molecule has 4 nitrogen and oxygen atoms in total. The number of pyridine rings is 1. The van der Waals surface area contributed by atoms with Gasteiger partial charge in [0.05, 0.1) is 0 Å². The van der Waals surface area contributed by atoms with Crippen LogP contribution in [0.1, 0.15) is 0 Å². The van der Waals surface area contributed by atoms with Gasteiger partial charge in [0.25, 0.3) is 0 Å². The Morgan fingerprint density at radius 2 is 1.22 bits per heavy atom. The molecule has 1 rings (SSSR count). The quantitative estimate of drug-likeness (QED) is 0.536. The van der Waals surface area contributed by atoms with E-state index in [0.717, 1.165) is 0 Å². The SMILES string of the molecule is N.N.O.c1ccncc1. The molecule has 0 atom stereocenters. The Labute approximate surface area is 54.4 Å². The standard InChI is InChI=1S/C5H5N.2H3N.H2O/c1-2-4-6-5-3-1;;;/h1-5H;2*1H3;1H2. The molecule has 0 saturated heterocycles. The van der Waals surface area contributed by atoms with E-state index in [0.29, 0.717) is 0 Å². The van der Waals surface area contributed by atoms with Gasteiger partial charge in [-0.3, -0.25) is 4.98 Å². The van der Waals surface area contributed by atoms with Gasteiger partial charge in [0.1, 0.15) is 0 Å². The summed E-state index contributed by atoms with van der Waals surface area (Å²) in [7, 11) is 0. The number of aromatic nitrogens is 1. The third-order valence-corrected chi connectivity index (χ3v) is 0.566. The number of hydrogen-bond acceptors (Lipinski definition) is 3. The van der Waals surface area contributed by atoms with E-state index in [2.05, 4.69) is 4.98 Å². The average molecular weight is 131 g/mol. The fourth-order valence-electron chi connectivity index (χ4n) is 0.313. The van der Waals surface area contributed by atoms with Gasteiger partial charge < -0.3 is 17.8 Å². The molecular formula is C5H13N3O. The molecule has 8 N–H and O–H groups in total. The molecule has 1 aromatic rings. The van der Waals surface area contributed by atoms with E-state index in [1.54, 1.807) is 12.4 Å². The largest absolute Gasteiger partial charge is 0.412 e. The lowest BCUT2D eigenvalue weighted by Crippen LogP contribution is -1.58. The van der Waals surface area contributed by atoms with Gasteiger partial charge in [-0.15, -0.1) is 0 Å². The van der Waals surface area contributed by atoms with Crippen LogP contribution in [0.25, 0.3) is 0 Å². The van der Waals surface area contributed by atoms with Gasteiger partial charge in [-0.25, -0.2) is 0 Å². The maximum atomic E-state index is 3.78. The van der Waals surface area contributed by atoms with Crippen LogP contribution in [0.15, 0.2) is 30.6 Å². The molecule has 0 aliphatic carbocycles. The summed E-state index contributed by atoms with van der Waals surface area (Å²) >= 11 is 0. The first-order valence-electron chi connectivity index (χ1n) is 1.85. The van der Waals surface area contributed by atoms with Crippen LogP contribution >= 0.6 is 0 Å². The normalized spacial score (nSPS) is 5.33. The second-order valence-corrected chi connectivity index (χ2v) is 1.02.